The number of nitrogens with zero attached hydrogens (tertiary/aromatic N) is 2. The second-order valence-electron chi connectivity index (χ2n) is 7.26. The second-order valence-corrected chi connectivity index (χ2v) is 7.26. The normalized spacial score (nSPS) is 16.7. The molecular formula is C21H24N4O2. The molecule has 2 aromatic rings. The molecule has 1 aromatic heterocycles. The minimum Gasteiger partial charge on any atom is -0.372 e. The second kappa shape index (κ2) is 7.78. The smallest absolute Gasteiger partial charge is 0.257 e. The monoisotopic (exact) mass is 364 g/mol. The number of rotatable bonds is 5. The third kappa shape index (κ3) is 4.45. The summed E-state index contributed by atoms with van der Waals surface area (Å²) >= 11 is 0. The van der Waals surface area contributed by atoms with E-state index in [2.05, 4.69) is 20.5 Å². The molecule has 1 aliphatic carbocycles. The maximum atomic E-state index is 12.5. The average Bonchev–Trinajstić information content (AvgIpc) is 3.53. The summed E-state index contributed by atoms with van der Waals surface area (Å²) in [7, 11) is 0. The molecule has 0 bridgehead atoms. The van der Waals surface area contributed by atoms with Crippen LogP contribution in [0.25, 0.3) is 0 Å². The lowest BCUT2D eigenvalue weighted by molar-refractivity contribution is 0.0950. The van der Waals surface area contributed by atoms with E-state index in [1.807, 2.05) is 24.3 Å². The molecule has 2 heterocycles. The summed E-state index contributed by atoms with van der Waals surface area (Å²) in [4.78, 5) is 31.1. The highest BCUT2D eigenvalue weighted by atomic mass is 16.2. The van der Waals surface area contributed by atoms with Crippen LogP contribution in [0.2, 0.25) is 0 Å². The number of pyridine rings is 1. The van der Waals surface area contributed by atoms with Gasteiger partial charge in [0.1, 0.15) is 0 Å². The average molecular weight is 364 g/mol. The fraction of sp³-hybridized carbons (Fsp3) is 0.381. The van der Waals surface area contributed by atoms with E-state index in [0.29, 0.717) is 11.1 Å². The van der Waals surface area contributed by atoms with Crippen LogP contribution in [0, 0.1) is 0 Å². The Morgan fingerprint density at radius 3 is 2.26 bits per heavy atom. The minimum absolute atomic E-state index is 0.175. The van der Waals surface area contributed by atoms with Crippen molar-refractivity contribution in [3.63, 3.8) is 0 Å². The molecule has 6 heteroatoms. The molecule has 1 aromatic carbocycles. The summed E-state index contributed by atoms with van der Waals surface area (Å²) < 4.78 is 0. The number of carbonyl (C=O) groups is 2. The summed E-state index contributed by atoms with van der Waals surface area (Å²) in [5.74, 6) is -0.445. The quantitative estimate of drug-likeness (QED) is 0.854. The molecule has 4 rings (SSSR count). The van der Waals surface area contributed by atoms with Crippen molar-refractivity contribution in [2.45, 2.75) is 38.1 Å². The zero-order valence-electron chi connectivity index (χ0n) is 15.3. The predicted octanol–water partition coefficient (Wildman–Crippen LogP) is 3.22. The van der Waals surface area contributed by atoms with Crippen molar-refractivity contribution in [3.05, 3.63) is 53.9 Å². The summed E-state index contributed by atoms with van der Waals surface area (Å²) in [5, 5.41) is 5.79. The first-order valence-corrected chi connectivity index (χ1v) is 9.61. The van der Waals surface area contributed by atoms with Crippen LogP contribution in [-0.2, 0) is 0 Å². The van der Waals surface area contributed by atoms with E-state index in [0.717, 1.165) is 31.6 Å². The van der Waals surface area contributed by atoms with E-state index in [-0.39, 0.29) is 17.9 Å². The first kappa shape index (κ1) is 17.5. The Labute approximate surface area is 159 Å². The molecule has 0 radical (unpaired) electrons. The van der Waals surface area contributed by atoms with Gasteiger partial charge < -0.3 is 15.5 Å². The van der Waals surface area contributed by atoms with Crippen LogP contribution in [0.1, 0.15) is 52.8 Å². The number of amides is 2. The van der Waals surface area contributed by atoms with Gasteiger partial charge in [-0.3, -0.25) is 14.6 Å². The number of carbonyl (C=O) groups excluding carboxylic acids is 2. The SMILES string of the molecule is O=C(Nc1ccc(N2CCCCC2)cc1)c1cncc(C(=O)NC2CC2)c1. The number of aromatic nitrogens is 1. The molecular weight excluding hydrogens is 340 g/mol. The molecule has 2 amide bonds. The topological polar surface area (TPSA) is 74.3 Å². The van der Waals surface area contributed by atoms with E-state index in [1.54, 1.807) is 6.07 Å². The lowest BCUT2D eigenvalue weighted by Crippen LogP contribution is -2.29. The van der Waals surface area contributed by atoms with Crippen molar-refractivity contribution in [2.75, 3.05) is 23.3 Å². The van der Waals surface area contributed by atoms with E-state index in [4.69, 9.17) is 0 Å². The first-order valence-electron chi connectivity index (χ1n) is 9.61. The van der Waals surface area contributed by atoms with Gasteiger partial charge in [0.25, 0.3) is 11.8 Å². The Bertz CT molecular complexity index is 824. The minimum atomic E-state index is -0.269. The molecule has 27 heavy (non-hydrogen) atoms. The molecule has 6 nitrogen and oxygen atoms in total. The lowest BCUT2D eigenvalue weighted by atomic mass is 10.1. The summed E-state index contributed by atoms with van der Waals surface area (Å²) in [6.07, 6.45) is 8.77. The standard InChI is InChI=1S/C21H24N4O2/c26-20(23-17-4-5-17)15-12-16(14-22-13-15)21(27)24-18-6-8-19(9-7-18)25-10-2-1-3-11-25/h6-9,12-14,17H,1-5,10-11H2,(H,23,26)(H,24,27). The third-order valence-electron chi connectivity index (χ3n) is 5.02. The fourth-order valence-corrected chi connectivity index (χ4v) is 3.30. The van der Waals surface area contributed by atoms with Crippen LogP contribution in [0.4, 0.5) is 11.4 Å². The molecule has 1 saturated heterocycles. The molecule has 0 atom stereocenters. The van der Waals surface area contributed by atoms with Gasteiger partial charge >= 0.3 is 0 Å². The molecule has 2 aliphatic rings. The summed E-state index contributed by atoms with van der Waals surface area (Å²) in [6, 6.07) is 9.77. The van der Waals surface area contributed by atoms with Crippen molar-refractivity contribution in [3.8, 4) is 0 Å². The maximum Gasteiger partial charge on any atom is 0.257 e. The highest BCUT2D eigenvalue weighted by Crippen LogP contribution is 2.22. The first-order chi connectivity index (χ1) is 13.2. The van der Waals surface area contributed by atoms with Crippen LogP contribution in [0.15, 0.2) is 42.7 Å². The molecule has 140 valence electrons. The van der Waals surface area contributed by atoms with E-state index >= 15 is 0 Å². The Morgan fingerprint density at radius 1 is 0.926 bits per heavy atom. The number of hydrogen-bond acceptors (Lipinski definition) is 4. The van der Waals surface area contributed by atoms with E-state index in [9.17, 15) is 9.59 Å². The Balaban J connectivity index is 1.40. The van der Waals surface area contributed by atoms with Crippen molar-refractivity contribution in [1.82, 2.24) is 10.3 Å². The van der Waals surface area contributed by atoms with Gasteiger partial charge in [-0.15, -0.1) is 0 Å². The highest BCUT2D eigenvalue weighted by molar-refractivity contribution is 6.05. The number of benzene rings is 1. The molecule has 2 N–H and O–H groups in total. The van der Waals surface area contributed by atoms with Crippen LogP contribution in [0.3, 0.4) is 0 Å². The fourth-order valence-electron chi connectivity index (χ4n) is 3.30. The van der Waals surface area contributed by atoms with Crippen LogP contribution >= 0.6 is 0 Å². The summed E-state index contributed by atoms with van der Waals surface area (Å²) in [5.41, 5.74) is 2.70. The molecule has 0 spiro atoms. The Hall–Kier alpha value is -2.89. The molecule has 2 fully saturated rings. The largest absolute Gasteiger partial charge is 0.372 e. The maximum absolute atomic E-state index is 12.5. The van der Waals surface area contributed by atoms with Gasteiger partial charge in [-0.1, -0.05) is 0 Å². The van der Waals surface area contributed by atoms with Crippen LogP contribution in [0.5, 0.6) is 0 Å². The summed E-state index contributed by atoms with van der Waals surface area (Å²) in [6.45, 7) is 2.18. The van der Waals surface area contributed by atoms with Crippen molar-refractivity contribution < 1.29 is 9.59 Å². The van der Waals surface area contributed by atoms with Gasteiger partial charge in [0.2, 0.25) is 0 Å². The van der Waals surface area contributed by atoms with E-state index < -0.39 is 0 Å². The number of anilines is 2. The van der Waals surface area contributed by atoms with Crippen molar-refractivity contribution in [1.29, 1.82) is 0 Å². The van der Waals surface area contributed by atoms with Gasteiger partial charge in [-0.05, 0) is 62.4 Å². The van der Waals surface area contributed by atoms with Crippen molar-refractivity contribution in [2.24, 2.45) is 0 Å². The predicted molar refractivity (Wildman–Crippen MR) is 105 cm³/mol. The Kier molecular flexibility index (Phi) is 5.05. The third-order valence-corrected chi connectivity index (χ3v) is 5.02. The number of nitrogens with one attached hydrogen (secondary N) is 2. The molecule has 1 aliphatic heterocycles. The van der Waals surface area contributed by atoms with Crippen molar-refractivity contribution >= 4 is 23.2 Å². The highest BCUT2D eigenvalue weighted by Gasteiger charge is 2.24. The number of piperidine rings is 1. The Morgan fingerprint density at radius 2 is 1.59 bits per heavy atom. The lowest BCUT2D eigenvalue weighted by Gasteiger charge is -2.28. The molecule has 1 saturated carbocycles. The van der Waals surface area contributed by atoms with Gasteiger partial charge in [-0.25, -0.2) is 0 Å². The zero-order chi connectivity index (χ0) is 18.6. The van der Waals surface area contributed by atoms with Crippen LogP contribution < -0.4 is 15.5 Å². The van der Waals surface area contributed by atoms with E-state index in [1.165, 1.54) is 37.3 Å². The van der Waals surface area contributed by atoms with Gasteiger partial charge in [0.15, 0.2) is 0 Å². The van der Waals surface area contributed by atoms with Gasteiger partial charge in [-0.2, -0.15) is 0 Å². The molecule has 0 unspecified atom stereocenters. The van der Waals surface area contributed by atoms with Gasteiger partial charge in [0.05, 0.1) is 11.1 Å². The zero-order valence-corrected chi connectivity index (χ0v) is 15.3. The van der Waals surface area contributed by atoms with Crippen LogP contribution in [-0.4, -0.2) is 35.9 Å². The van der Waals surface area contributed by atoms with Gasteiger partial charge in [0, 0.05) is 42.9 Å². The number of hydrogen-bond donors (Lipinski definition) is 2.